The fraction of sp³-hybridized carbons (Fsp3) is 0.632. The topological polar surface area (TPSA) is 24.1 Å². The third-order valence-corrected chi connectivity index (χ3v) is 4.19. The number of hydrogen-bond donors (Lipinski definition) is 2. The Morgan fingerprint density at radius 3 is 2.23 bits per heavy atom. The first-order valence-corrected chi connectivity index (χ1v) is 9.16. The minimum atomic E-state index is 0.731. The van der Waals surface area contributed by atoms with Crippen molar-refractivity contribution >= 4 is 23.0 Å². The van der Waals surface area contributed by atoms with E-state index in [1.54, 1.807) is 0 Å². The Labute approximate surface area is 142 Å². The molecule has 0 aliphatic heterocycles. The Bertz CT molecular complexity index is 443. The van der Waals surface area contributed by atoms with Gasteiger partial charge in [0.2, 0.25) is 0 Å². The van der Waals surface area contributed by atoms with Crippen LogP contribution in [0, 0.1) is 13.8 Å². The van der Waals surface area contributed by atoms with Crippen LogP contribution in [0.5, 0.6) is 0 Å². The summed E-state index contributed by atoms with van der Waals surface area (Å²) < 4.78 is 0. The molecule has 0 saturated heterocycles. The maximum Gasteiger partial charge on any atom is 0.170 e. The summed E-state index contributed by atoms with van der Waals surface area (Å²) in [4.78, 5) is 0. The predicted octanol–water partition coefficient (Wildman–Crippen LogP) is 5.73. The molecule has 0 unspecified atom stereocenters. The number of hydrogen-bond acceptors (Lipinski definition) is 1. The highest BCUT2D eigenvalue weighted by Gasteiger charge is 2.01. The Morgan fingerprint density at radius 1 is 0.955 bits per heavy atom. The van der Waals surface area contributed by atoms with E-state index in [0.29, 0.717) is 0 Å². The molecule has 2 nitrogen and oxygen atoms in total. The molecular formula is C19H32N2S. The predicted molar refractivity (Wildman–Crippen MR) is 103 cm³/mol. The van der Waals surface area contributed by atoms with E-state index in [4.69, 9.17) is 12.2 Å². The summed E-state index contributed by atoms with van der Waals surface area (Å²) in [6.07, 6.45) is 10.7. The molecule has 0 radical (unpaired) electrons. The molecule has 22 heavy (non-hydrogen) atoms. The summed E-state index contributed by atoms with van der Waals surface area (Å²) in [5.74, 6) is 0. The van der Waals surface area contributed by atoms with Gasteiger partial charge in [-0.25, -0.2) is 0 Å². The zero-order valence-corrected chi connectivity index (χ0v) is 15.3. The van der Waals surface area contributed by atoms with Crippen molar-refractivity contribution in [2.45, 2.75) is 72.1 Å². The van der Waals surface area contributed by atoms with Gasteiger partial charge in [-0.1, -0.05) is 69.6 Å². The van der Waals surface area contributed by atoms with Gasteiger partial charge in [-0.2, -0.15) is 0 Å². The molecular weight excluding hydrogens is 288 g/mol. The Kier molecular flexibility index (Phi) is 9.89. The normalized spacial score (nSPS) is 10.5. The summed E-state index contributed by atoms with van der Waals surface area (Å²) in [6, 6.07) is 6.37. The second-order valence-electron chi connectivity index (χ2n) is 6.17. The number of aryl methyl sites for hydroxylation is 2. The van der Waals surface area contributed by atoms with E-state index in [-0.39, 0.29) is 0 Å². The molecule has 0 spiro atoms. The fourth-order valence-electron chi connectivity index (χ4n) is 2.58. The Balaban J connectivity index is 2.06. The quantitative estimate of drug-likeness (QED) is 0.425. The molecule has 0 amide bonds. The molecule has 1 rings (SSSR count). The van der Waals surface area contributed by atoms with Crippen molar-refractivity contribution in [3.63, 3.8) is 0 Å². The highest BCUT2D eigenvalue weighted by Crippen LogP contribution is 2.15. The highest BCUT2D eigenvalue weighted by molar-refractivity contribution is 7.80. The van der Waals surface area contributed by atoms with Crippen LogP contribution in [0.3, 0.4) is 0 Å². The molecule has 0 aliphatic rings. The van der Waals surface area contributed by atoms with E-state index in [2.05, 4.69) is 49.6 Å². The summed E-state index contributed by atoms with van der Waals surface area (Å²) >= 11 is 5.35. The molecule has 124 valence electrons. The zero-order chi connectivity index (χ0) is 16.2. The lowest BCUT2D eigenvalue weighted by Crippen LogP contribution is -2.29. The molecule has 0 heterocycles. The second-order valence-corrected chi connectivity index (χ2v) is 6.58. The summed E-state index contributed by atoms with van der Waals surface area (Å²) in [5.41, 5.74) is 3.61. The number of benzene rings is 1. The first-order chi connectivity index (χ1) is 10.6. The van der Waals surface area contributed by atoms with Crippen LogP contribution in [-0.2, 0) is 0 Å². The first kappa shape index (κ1) is 19.0. The van der Waals surface area contributed by atoms with Crippen LogP contribution in [0.1, 0.15) is 69.4 Å². The van der Waals surface area contributed by atoms with Gasteiger partial charge in [-0.3, -0.25) is 0 Å². The van der Waals surface area contributed by atoms with Gasteiger partial charge in [0.25, 0.3) is 0 Å². The lowest BCUT2D eigenvalue weighted by Gasteiger charge is -2.13. The first-order valence-electron chi connectivity index (χ1n) is 8.75. The smallest absolute Gasteiger partial charge is 0.170 e. The van der Waals surface area contributed by atoms with Gasteiger partial charge >= 0.3 is 0 Å². The molecule has 0 fully saturated rings. The highest BCUT2D eigenvalue weighted by atomic mass is 32.1. The second kappa shape index (κ2) is 11.5. The standard InChI is InChI=1S/C19H32N2S/c1-4-5-6-7-8-9-10-11-14-20-19(22)21-18-13-12-16(2)15-17(18)3/h12-13,15H,4-11,14H2,1-3H3,(H2,20,21,22). The molecule has 1 aromatic carbocycles. The molecule has 0 aromatic heterocycles. The third kappa shape index (κ3) is 8.38. The van der Waals surface area contributed by atoms with E-state index < -0.39 is 0 Å². The molecule has 0 bridgehead atoms. The summed E-state index contributed by atoms with van der Waals surface area (Å²) in [7, 11) is 0. The number of rotatable bonds is 10. The van der Waals surface area contributed by atoms with Crippen molar-refractivity contribution in [2.24, 2.45) is 0 Å². The monoisotopic (exact) mass is 320 g/mol. The van der Waals surface area contributed by atoms with Gasteiger partial charge in [-0.05, 0) is 44.1 Å². The van der Waals surface area contributed by atoms with Crippen molar-refractivity contribution in [3.8, 4) is 0 Å². The van der Waals surface area contributed by atoms with Gasteiger partial charge in [0.1, 0.15) is 0 Å². The fourth-order valence-corrected chi connectivity index (χ4v) is 2.79. The Hall–Kier alpha value is -1.09. The number of thiocarbonyl (C=S) groups is 1. The lowest BCUT2D eigenvalue weighted by molar-refractivity contribution is 0.573. The summed E-state index contributed by atoms with van der Waals surface area (Å²) in [5, 5.41) is 7.32. The van der Waals surface area contributed by atoms with Crippen molar-refractivity contribution in [3.05, 3.63) is 29.3 Å². The third-order valence-electron chi connectivity index (χ3n) is 3.95. The van der Waals surface area contributed by atoms with Crippen molar-refractivity contribution in [2.75, 3.05) is 11.9 Å². The van der Waals surface area contributed by atoms with Gasteiger partial charge < -0.3 is 10.6 Å². The molecule has 0 atom stereocenters. The number of unbranched alkanes of at least 4 members (excludes halogenated alkanes) is 7. The molecule has 1 aromatic rings. The van der Waals surface area contributed by atoms with Gasteiger partial charge in [0, 0.05) is 12.2 Å². The largest absolute Gasteiger partial charge is 0.362 e. The van der Waals surface area contributed by atoms with Gasteiger partial charge in [0.15, 0.2) is 5.11 Å². The van der Waals surface area contributed by atoms with Crippen molar-refractivity contribution in [1.82, 2.24) is 5.32 Å². The van der Waals surface area contributed by atoms with E-state index in [1.165, 1.54) is 62.5 Å². The van der Waals surface area contributed by atoms with Crippen LogP contribution >= 0.6 is 12.2 Å². The van der Waals surface area contributed by atoms with Gasteiger partial charge in [-0.15, -0.1) is 0 Å². The van der Waals surface area contributed by atoms with E-state index in [0.717, 1.165) is 17.3 Å². The van der Waals surface area contributed by atoms with E-state index >= 15 is 0 Å². The van der Waals surface area contributed by atoms with Gasteiger partial charge in [0.05, 0.1) is 0 Å². The maximum absolute atomic E-state index is 5.35. The van der Waals surface area contributed by atoms with E-state index in [1.807, 2.05) is 0 Å². The maximum atomic E-state index is 5.35. The average Bonchev–Trinajstić information content (AvgIpc) is 2.48. The van der Waals surface area contributed by atoms with Crippen LogP contribution in [0.4, 0.5) is 5.69 Å². The SMILES string of the molecule is CCCCCCCCCCNC(=S)Nc1ccc(C)cc1C. The van der Waals surface area contributed by atoms with E-state index in [9.17, 15) is 0 Å². The molecule has 0 aliphatic carbocycles. The number of anilines is 1. The zero-order valence-electron chi connectivity index (χ0n) is 14.5. The molecule has 0 saturated carbocycles. The molecule has 2 N–H and O–H groups in total. The van der Waals surface area contributed by atoms with Crippen LogP contribution < -0.4 is 10.6 Å². The van der Waals surface area contributed by atoms with Crippen molar-refractivity contribution < 1.29 is 0 Å². The van der Waals surface area contributed by atoms with Crippen LogP contribution in [-0.4, -0.2) is 11.7 Å². The molecule has 3 heteroatoms. The average molecular weight is 321 g/mol. The Morgan fingerprint density at radius 2 is 1.59 bits per heavy atom. The van der Waals surface area contributed by atoms with Crippen molar-refractivity contribution in [1.29, 1.82) is 0 Å². The van der Waals surface area contributed by atoms with Crippen LogP contribution in [0.2, 0.25) is 0 Å². The van der Waals surface area contributed by atoms with Crippen LogP contribution in [0.15, 0.2) is 18.2 Å². The number of nitrogens with one attached hydrogen (secondary N) is 2. The minimum absolute atomic E-state index is 0.731. The minimum Gasteiger partial charge on any atom is -0.362 e. The van der Waals surface area contributed by atoms with Crippen LogP contribution in [0.25, 0.3) is 0 Å². The summed E-state index contributed by atoms with van der Waals surface area (Å²) in [6.45, 7) is 7.44. The lowest BCUT2D eigenvalue weighted by atomic mass is 10.1.